The molecule has 0 saturated carbocycles. The molecule has 3 N–H and O–H groups in total. The summed E-state index contributed by atoms with van der Waals surface area (Å²) < 4.78 is 0.833. The second kappa shape index (κ2) is 6.41. The molecule has 1 aromatic carbocycles. The molecule has 6 nitrogen and oxygen atoms in total. The van der Waals surface area contributed by atoms with E-state index in [2.05, 4.69) is 5.10 Å². The minimum absolute atomic E-state index is 0.365. The van der Waals surface area contributed by atoms with Crippen LogP contribution in [-0.2, 0) is 0 Å². The van der Waals surface area contributed by atoms with Gasteiger partial charge in [-0.05, 0) is 18.2 Å². The number of carbonyl (C=O) groups excluding carboxylic acids is 1. The van der Waals surface area contributed by atoms with Gasteiger partial charge in [0.25, 0.3) is 0 Å². The van der Waals surface area contributed by atoms with E-state index in [1.54, 1.807) is 30.3 Å². The first-order chi connectivity index (χ1) is 8.52. The Morgan fingerprint density at radius 1 is 1.28 bits per heavy atom. The third-order valence-corrected chi connectivity index (χ3v) is 2.17. The van der Waals surface area contributed by atoms with E-state index in [0.29, 0.717) is 10.6 Å². The molecule has 0 spiro atoms. The summed E-state index contributed by atoms with van der Waals surface area (Å²) in [5.74, 6) is -0.495. The van der Waals surface area contributed by atoms with Crippen molar-refractivity contribution >= 4 is 23.6 Å². The highest BCUT2D eigenvalue weighted by atomic mass is 35.5. The first-order valence-electron chi connectivity index (χ1n) is 4.79. The average Bonchev–Trinajstić information content (AvgIpc) is 2.83. The Kier molecular flexibility index (Phi) is 4.89. The molecule has 0 aliphatic carbocycles. The zero-order chi connectivity index (χ0) is 13.5. The lowest BCUT2D eigenvalue weighted by molar-refractivity contribution is 0.100. The summed E-state index contributed by atoms with van der Waals surface area (Å²) in [5.41, 5.74) is 5.36. The van der Waals surface area contributed by atoms with E-state index < -0.39 is 12.0 Å². The molecule has 0 saturated heterocycles. The minimum Gasteiger partial charge on any atom is -0.463 e. The zero-order valence-electron chi connectivity index (χ0n) is 9.15. The van der Waals surface area contributed by atoms with Crippen LogP contribution in [0, 0.1) is 0 Å². The monoisotopic (exact) mass is 267 g/mol. The maximum atomic E-state index is 10.6. The van der Waals surface area contributed by atoms with Crippen LogP contribution in [0.4, 0.5) is 4.79 Å². The number of aromatic nitrogens is 2. The highest BCUT2D eigenvalue weighted by Crippen LogP contribution is 2.13. The molecule has 1 aromatic heterocycles. The summed E-state index contributed by atoms with van der Waals surface area (Å²) in [6, 6.07) is 8.22. The molecule has 7 heteroatoms. The molecule has 0 aliphatic heterocycles. The molecule has 0 radical (unpaired) electrons. The molecule has 0 unspecified atom stereocenters. The normalized spacial score (nSPS) is 9.17. The summed E-state index contributed by atoms with van der Waals surface area (Å²) >= 11 is 5.62. The number of rotatable bonds is 1. The van der Waals surface area contributed by atoms with E-state index in [0.717, 1.165) is 4.68 Å². The molecule has 1 heterocycles. The maximum Gasteiger partial charge on any atom is 0.432 e. The van der Waals surface area contributed by atoms with Gasteiger partial charge in [-0.25, -0.2) is 4.79 Å². The Labute approximate surface area is 108 Å². The Hall–Kier alpha value is -2.34. The number of carbonyl (C=O) groups is 2. The van der Waals surface area contributed by atoms with Crippen molar-refractivity contribution in [2.45, 2.75) is 0 Å². The maximum absolute atomic E-state index is 10.6. The lowest BCUT2D eigenvalue weighted by Gasteiger charge is -1.95. The number of hydrogen-bond acceptors (Lipinski definition) is 3. The van der Waals surface area contributed by atoms with Crippen molar-refractivity contribution in [3.63, 3.8) is 0 Å². The van der Waals surface area contributed by atoms with Crippen LogP contribution in [0.15, 0.2) is 42.7 Å². The van der Waals surface area contributed by atoms with Crippen LogP contribution in [-0.4, -0.2) is 26.9 Å². The number of benzene rings is 1. The minimum atomic E-state index is -1.06. The number of primary amides is 1. The van der Waals surface area contributed by atoms with Gasteiger partial charge in [-0.2, -0.15) is 9.78 Å². The number of nitrogens with zero attached hydrogens (tertiary/aromatic N) is 2. The first-order valence-corrected chi connectivity index (χ1v) is 5.17. The number of halogens is 1. The molecule has 18 heavy (non-hydrogen) atoms. The molecule has 94 valence electrons. The second-order valence-electron chi connectivity index (χ2n) is 3.08. The van der Waals surface area contributed by atoms with E-state index >= 15 is 0 Å². The van der Waals surface area contributed by atoms with Crippen molar-refractivity contribution in [3.8, 4) is 0 Å². The Morgan fingerprint density at radius 3 is 2.28 bits per heavy atom. The molecule has 2 aromatic rings. The average molecular weight is 268 g/mol. The van der Waals surface area contributed by atoms with E-state index in [1.807, 2.05) is 0 Å². The molecule has 0 fully saturated rings. The fourth-order valence-electron chi connectivity index (χ4n) is 1.04. The van der Waals surface area contributed by atoms with E-state index in [9.17, 15) is 9.59 Å². The highest BCUT2D eigenvalue weighted by Gasteiger charge is 2.02. The van der Waals surface area contributed by atoms with Crippen molar-refractivity contribution in [1.29, 1.82) is 0 Å². The number of amides is 1. The fourth-order valence-corrected chi connectivity index (χ4v) is 1.27. The summed E-state index contributed by atoms with van der Waals surface area (Å²) in [7, 11) is 0. The smallest absolute Gasteiger partial charge is 0.432 e. The summed E-state index contributed by atoms with van der Waals surface area (Å²) in [5, 5.41) is 12.0. The molecule has 0 aliphatic rings. The third-order valence-electron chi connectivity index (χ3n) is 1.84. The SMILES string of the molecule is NC(=O)c1ccccc1Cl.O=C(O)n1cccn1. The van der Waals surface area contributed by atoms with Gasteiger partial charge in [0, 0.05) is 12.4 Å². The predicted octanol–water partition coefficient (Wildman–Crippen LogP) is 1.85. The number of hydrogen-bond donors (Lipinski definition) is 2. The Bertz CT molecular complexity index is 540. The largest absolute Gasteiger partial charge is 0.463 e. The van der Waals surface area contributed by atoms with Crippen LogP contribution >= 0.6 is 11.6 Å². The second-order valence-corrected chi connectivity index (χ2v) is 3.48. The van der Waals surface area contributed by atoms with Crippen LogP contribution in [0.25, 0.3) is 0 Å². The third kappa shape index (κ3) is 3.91. The van der Waals surface area contributed by atoms with Gasteiger partial charge in [0.15, 0.2) is 0 Å². The summed E-state index contributed by atoms with van der Waals surface area (Å²) in [6.45, 7) is 0. The Morgan fingerprint density at radius 2 is 1.94 bits per heavy atom. The molecule has 1 amide bonds. The topological polar surface area (TPSA) is 98.2 Å². The van der Waals surface area contributed by atoms with Crippen molar-refractivity contribution < 1.29 is 14.7 Å². The van der Waals surface area contributed by atoms with Gasteiger partial charge in [-0.3, -0.25) is 4.79 Å². The van der Waals surface area contributed by atoms with Gasteiger partial charge in [0.2, 0.25) is 5.91 Å². The lowest BCUT2D eigenvalue weighted by Crippen LogP contribution is -2.10. The standard InChI is InChI=1S/C7H6ClNO.C4H4N2O2/c8-6-4-2-1-3-5(6)7(9)10;7-4(8)6-3-1-2-5-6/h1-4H,(H2,9,10);1-3H,(H,7,8). The van der Waals surface area contributed by atoms with Crippen LogP contribution in [0.1, 0.15) is 10.4 Å². The van der Waals surface area contributed by atoms with E-state index in [-0.39, 0.29) is 0 Å². The molecule has 2 rings (SSSR count). The van der Waals surface area contributed by atoms with E-state index in [1.165, 1.54) is 12.4 Å². The fraction of sp³-hybridized carbons (Fsp3) is 0. The van der Waals surface area contributed by atoms with Crippen molar-refractivity contribution in [1.82, 2.24) is 9.78 Å². The summed E-state index contributed by atoms with van der Waals surface area (Å²) in [6.07, 6.45) is 1.71. The van der Waals surface area contributed by atoms with Crippen molar-refractivity contribution in [3.05, 3.63) is 53.3 Å². The molecule has 0 atom stereocenters. The van der Waals surface area contributed by atoms with Gasteiger partial charge in [-0.15, -0.1) is 0 Å². The van der Waals surface area contributed by atoms with Gasteiger partial charge in [-0.1, -0.05) is 23.7 Å². The van der Waals surface area contributed by atoms with Gasteiger partial charge >= 0.3 is 6.09 Å². The molecule has 0 bridgehead atoms. The number of carboxylic acid groups (broad SMARTS) is 1. The predicted molar refractivity (Wildman–Crippen MR) is 65.6 cm³/mol. The lowest BCUT2D eigenvalue weighted by atomic mass is 10.2. The van der Waals surface area contributed by atoms with Gasteiger partial charge in [0.05, 0.1) is 10.6 Å². The Balaban J connectivity index is 0.000000184. The van der Waals surface area contributed by atoms with E-state index in [4.69, 9.17) is 22.4 Å². The van der Waals surface area contributed by atoms with Crippen LogP contribution < -0.4 is 5.73 Å². The highest BCUT2D eigenvalue weighted by molar-refractivity contribution is 6.33. The van der Waals surface area contributed by atoms with Crippen molar-refractivity contribution in [2.24, 2.45) is 5.73 Å². The van der Waals surface area contributed by atoms with Crippen LogP contribution in [0.5, 0.6) is 0 Å². The quantitative estimate of drug-likeness (QED) is 0.824. The molecular weight excluding hydrogens is 258 g/mol. The van der Waals surface area contributed by atoms with Crippen LogP contribution in [0.2, 0.25) is 5.02 Å². The van der Waals surface area contributed by atoms with Gasteiger partial charge < -0.3 is 10.8 Å². The van der Waals surface area contributed by atoms with Crippen LogP contribution in [0.3, 0.4) is 0 Å². The molecular formula is C11H10ClN3O3. The first kappa shape index (κ1) is 13.7. The number of nitrogens with two attached hydrogens (primary N) is 1. The van der Waals surface area contributed by atoms with Crippen molar-refractivity contribution in [2.75, 3.05) is 0 Å². The summed E-state index contributed by atoms with van der Waals surface area (Å²) in [4.78, 5) is 20.5. The zero-order valence-corrected chi connectivity index (χ0v) is 9.91. The van der Waals surface area contributed by atoms with Gasteiger partial charge in [0.1, 0.15) is 0 Å².